The van der Waals surface area contributed by atoms with E-state index in [1.807, 2.05) is 41.1 Å². The molecule has 0 saturated carbocycles. The molecule has 1 saturated heterocycles. The maximum Gasteiger partial charge on any atom is 0.306 e. The first kappa shape index (κ1) is 16.5. The number of nitrogen functional groups attached to an aromatic ring is 1. The summed E-state index contributed by atoms with van der Waals surface area (Å²) in [6.45, 7) is 2.22. The van der Waals surface area contributed by atoms with Gasteiger partial charge in [0.05, 0.1) is 17.3 Å². The lowest BCUT2D eigenvalue weighted by molar-refractivity contribution is -0.143. The van der Waals surface area contributed by atoms with Crippen molar-refractivity contribution < 1.29 is 9.90 Å². The number of carboxylic acid groups (broad SMARTS) is 1. The molecule has 0 unspecified atom stereocenters. The first-order valence-electron chi connectivity index (χ1n) is 8.74. The fraction of sp³-hybridized carbons (Fsp3) is 0.316. The fourth-order valence-electron chi connectivity index (χ4n) is 3.54. The minimum absolute atomic E-state index is 0.234. The van der Waals surface area contributed by atoms with E-state index in [4.69, 9.17) is 10.7 Å². The summed E-state index contributed by atoms with van der Waals surface area (Å²) in [5.74, 6) is -0.926. The van der Waals surface area contributed by atoms with Crippen molar-refractivity contribution in [3.05, 3.63) is 48.5 Å². The molecule has 7 heteroatoms. The lowest BCUT2D eigenvalue weighted by Crippen LogP contribution is -2.36. The molecule has 134 valence electrons. The molecule has 1 aliphatic heterocycles. The van der Waals surface area contributed by atoms with Crippen LogP contribution < -0.4 is 5.73 Å². The number of anilines is 1. The summed E-state index contributed by atoms with van der Waals surface area (Å²) in [5.41, 5.74) is 10.4. The average molecular weight is 351 g/mol. The minimum atomic E-state index is -0.691. The van der Waals surface area contributed by atoms with Gasteiger partial charge in [0.25, 0.3) is 0 Å². The van der Waals surface area contributed by atoms with E-state index in [1.54, 1.807) is 6.20 Å². The van der Waals surface area contributed by atoms with E-state index in [9.17, 15) is 9.90 Å². The lowest BCUT2D eigenvalue weighted by atomic mass is 9.97. The molecule has 0 aliphatic carbocycles. The molecule has 4 heterocycles. The smallest absolute Gasteiger partial charge is 0.306 e. The first-order chi connectivity index (χ1) is 12.6. The molecule has 4 rings (SSSR count). The van der Waals surface area contributed by atoms with Crippen LogP contribution in [0.5, 0.6) is 0 Å². The monoisotopic (exact) mass is 351 g/mol. The van der Waals surface area contributed by atoms with Crippen LogP contribution in [0.3, 0.4) is 0 Å². The van der Waals surface area contributed by atoms with Gasteiger partial charge in [0.2, 0.25) is 0 Å². The van der Waals surface area contributed by atoms with Crippen LogP contribution in [0.4, 0.5) is 5.69 Å². The van der Waals surface area contributed by atoms with Gasteiger partial charge in [0, 0.05) is 36.4 Å². The highest BCUT2D eigenvalue weighted by Gasteiger charge is 2.26. The van der Waals surface area contributed by atoms with Crippen LogP contribution in [-0.2, 0) is 11.3 Å². The Morgan fingerprint density at radius 2 is 2.08 bits per heavy atom. The Morgan fingerprint density at radius 1 is 1.27 bits per heavy atom. The summed E-state index contributed by atoms with van der Waals surface area (Å²) in [4.78, 5) is 22.5. The number of hydrogen-bond acceptors (Lipinski definition) is 5. The third-order valence-electron chi connectivity index (χ3n) is 4.99. The number of imidazole rings is 1. The molecule has 0 atom stereocenters. The lowest BCUT2D eigenvalue weighted by Gasteiger charge is -2.30. The number of carboxylic acids is 1. The van der Waals surface area contributed by atoms with Crippen molar-refractivity contribution in [2.24, 2.45) is 5.92 Å². The molecule has 3 aromatic heterocycles. The van der Waals surface area contributed by atoms with Gasteiger partial charge in [-0.05, 0) is 50.2 Å². The number of aromatic nitrogens is 3. The van der Waals surface area contributed by atoms with Crippen molar-refractivity contribution in [2.75, 3.05) is 18.8 Å². The maximum absolute atomic E-state index is 11.2. The number of nitrogens with two attached hydrogens (primary N) is 1. The molecule has 3 aromatic rings. The Bertz CT molecular complexity index is 930. The number of hydrogen-bond donors (Lipinski definition) is 2. The van der Waals surface area contributed by atoms with E-state index in [-0.39, 0.29) is 5.92 Å². The topological polar surface area (TPSA) is 96.8 Å². The summed E-state index contributed by atoms with van der Waals surface area (Å²) < 4.78 is 2.03. The van der Waals surface area contributed by atoms with Crippen molar-refractivity contribution in [1.29, 1.82) is 0 Å². The molecular formula is C19H21N5O2. The van der Waals surface area contributed by atoms with Gasteiger partial charge in [0.1, 0.15) is 5.65 Å². The summed E-state index contributed by atoms with van der Waals surface area (Å²) in [6.07, 6.45) is 6.80. The maximum atomic E-state index is 11.2. The third-order valence-corrected chi connectivity index (χ3v) is 4.99. The number of aliphatic carboxylic acids is 1. The molecule has 1 aliphatic rings. The van der Waals surface area contributed by atoms with E-state index < -0.39 is 5.97 Å². The summed E-state index contributed by atoms with van der Waals surface area (Å²) in [6, 6.07) is 7.65. The highest BCUT2D eigenvalue weighted by atomic mass is 16.4. The van der Waals surface area contributed by atoms with Crippen LogP contribution in [0.25, 0.3) is 16.9 Å². The molecule has 26 heavy (non-hydrogen) atoms. The minimum Gasteiger partial charge on any atom is -0.481 e. The molecule has 0 spiro atoms. The van der Waals surface area contributed by atoms with E-state index in [0.717, 1.165) is 35.7 Å². The predicted octanol–water partition coefficient (Wildman–Crippen LogP) is 2.28. The second-order valence-corrected chi connectivity index (χ2v) is 6.73. The van der Waals surface area contributed by atoms with Gasteiger partial charge >= 0.3 is 5.97 Å². The highest BCUT2D eigenvalue weighted by Crippen LogP contribution is 2.27. The van der Waals surface area contributed by atoms with Gasteiger partial charge < -0.3 is 15.2 Å². The van der Waals surface area contributed by atoms with E-state index in [1.165, 1.54) is 0 Å². The van der Waals surface area contributed by atoms with Gasteiger partial charge in [-0.25, -0.2) is 4.98 Å². The summed E-state index contributed by atoms with van der Waals surface area (Å²) in [7, 11) is 0. The SMILES string of the molecule is Nc1ccc2nc(-c3cccnc3)c(CN3CCC(C(=O)O)CC3)n2c1. The zero-order chi connectivity index (χ0) is 18.1. The van der Waals surface area contributed by atoms with Gasteiger partial charge in [-0.1, -0.05) is 0 Å². The molecule has 3 N–H and O–H groups in total. The number of fused-ring (bicyclic) bond motifs is 1. The van der Waals surface area contributed by atoms with Crippen molar-refractivity contribution in [3.63, 3.8) is 0 Å². The number of pyridine rings is 2. The standard InChI is InChI=1S/C19H21N5O2/c20-15-3-4-17-22-18(14-2-1-7-21-10-14)16(24(17)11-15)12-23-8-5-13(6-9-23)19(25)26/h1-4,7,10-11,13H,5-6,8-9,12,20H2,(H,25,26). The van der Waals surface area contributed by atoms with Gasteiger partial charge in [-0.3, -0.25) is 14.7 Å². The quantitative estimate of drug-likeness (QED) is 0.748. The van der Waals surface area contributed by atoms with Crippen molar-refractivity contribution in [3.8, 4) is 11.3 Å². The van der Waals surface area contributed by atoms with Gasteiger partial charge in [0.15, 0.2) is 0 Å². The van der Waals surface area contributed by atoms with Crippen molar-refractivity contribution in [1.82, 2.24) is 19.3 Å². The average Bonchev–Trinajstić information content (AvgIpc) is 3.01. The van der Waals surface area contributed by atoms with Crippen molar-refractivity contribution in [2.45, 2.75) is 19.4 Å². The summed E-state index contributed by atoms with van der Waals surface area (Å²) in [5, 5.41) is 9.19. The first-order valence-corrected chi connectivity index (χ1v) is 8.74. The van der Waals surface area contributed by atoms with E-state index in [0.29, 0.717) is 25.1 Å². The van der Waals surface area contributed by atoms with Crippen LogP contribution in [0.1, 0.15) is 18.5 Å². The number of rotatable bonds is 4. The Labute approximate surface area is 151 Å². The second-order valence-electron chi connectivity index (χ2n) is 6.73. The molecule has 0 aromatic carbocycles. The normalized spacial score (nSPS) is 16.2. The molecule has 0 amide bonds. The highest BCUT2D eigenvalue weighted by molar-refractivity contribution is 5.70. The molecule has 0 radical (unpaired) electrons. The third kappa shape index (κ3) is 3.13. The zero-order valence-electron chi connectivity index (χ0n) is 14.4. The number of nitrogens with zero attached hydrogens (tertiary/aromatic N) is 4. The van der Waals surface area contributed by atoms with Crippen LogP contribution in [0.2, 0.25) is 0 Å². The summed E-state index contributed by atoms with van der Waals surface area (Å²) >= 11 is 0. The van der Waals surface area contributed by atoms with Crippen LogP contribution in [0.15, 0.2) is 42.9 Å². The number of piperidine rings is 1. The number of likely N-dealkylation sites (tertiary alicyclic amines) is 1. The molecular weight excluding hydrogens is 330 g/mol. The molecule has 0 bridgehead atoms. The van der Waals surface area contributed by atoms with Gasteiger partial charge in [-0.2, -0.15) is 0 Å². The van der Waals surface area contributed by atoms with Crippen LogP contribution in [-0.4, -0.2) is 43.4 Å². The molecule has 1 fully saturated rings. The van der Waals surface area contributed by atoms with Crippen LogP contribution in [0, 0.1) is 5.92 Å². The Balaban J connectivity index is 1.69. The van der Waals surface area contributed by atoms with E-state index in [2.05, 4.69) is 9.88 Å². The Kier molecular flexibility index (Phi) is 4.30. The Hall–Kier alpha value is -2.93. The second kappa shape index (κ2) is 6.76. The predicted molar refractivity (Wildman–Crippen MR) is 98.5 cm³/mol. The van der Waals surface area contributed by atoms with Crippen LogP contribution >= 0.6 is 0 Å². The van der Waals surface area contributed by atoms with Crippen molar-refractivity contribution >= 4 is 17.3 Å². The van der Waals surface area contributed by atoms with E-state index >= 15 is 0 Å². The fourth-order valence-corrected chi connectivity index (χ4v) is 3.54. The largest absolute Gasteiger partial charge is 0.481 e. The van der Waals surface area contributed by atoms with Gasteiger partial charge in [-0.15, -0.1) is 0 Å². The zero-order valence-corrected chi connectivity index (χ0v) is 14.4. The number of carbonyl (C=O) groups is 1. The molecule has 7 nitrogen and oxygen atoms in total. The Morgan fingerprint density at radius 3 is 2.77 bits per heavy atom.